The maximum absolute atomic E-state index is 12.3. The van der Waals surface area contributed by atoms with Gasteiger partial charge in [0.15, 0.2) is 22.4 Å². The van der Waals surface area contributed by atoms with Gasteiger partial charge in [-0.15, -0.1) is 0 Å². The molecule has 0 saturated heterocycles. The standard InChI is InChI=1S/C26H55NO4Si3/c1-12-13-18-32(6,7)21-34(10,11)31-33(8,9)19-14-17-30-20-23(4)15-16-25(28)24(5)27-26(29)22(2)3/h23-24H,2,12-21H2,1,3-11H3,(H,27,29). The van der Waals surface area contributed by atoms with Crippen LogP contribution in [-0.4, -0.2) is 55.7 Å². The molecule has 34 heavy (non-hydrogen) atoms. The first-order valence-corrected chi connectivity index (χ1v) is 22.9. The fourth-order valence-electron chi connectivity index (χ4n) is 4.70. The number of nitrogens with one attached hydrogen (secondary N) is 1. The number of carbonyl (C=O) groups excluding carboxylic acids is 2. The number of rotatable bonds is 19. The molecule has 0 aromatic carbocycles. The molecule has 0 heterocycles. The molecule has 0 aliphatic carbocycles. The smallest absolute Gasteiger partial charge is 0.246 e. The molecule has 1 N–H and O–H groups in total. The number of Topliss-reactive ketones (excluding diaryl/α,β-unsaturated/α-hetero) is 1. The summed E-state index contributed by atoms with van der Waals surface area (Å²) >= 11 is 0. The minimum absolute atomic E-state index is 0.0547. The SMILES string of the molecule is C=C(C)C(=O)NC(C)C(=O)CCC(C)COCCC[Si](C)(C)O[Si](C)(C)C[Si](C)(C)CCCC. The molecule has 0 aromatic rings. The summed E-state index contributed by atoms with van der Waals surface area (Å²) in [6.45, 7) is 27.5. The second-order valence-corrected chi connectivity index (χ2v) is 26.9. The lowest BCUT2D eigenvalue weighted by atomic mass is 10.0. The molecule has 0 saturated carbocycles. The second-order valence-electron chi connectivity index (χ2n) is 12.3. The maximum atomic E-state index is 12.3. The summed E-state index contributed by atoms with van der Waals surface area (Å²) < 4.78 is 12.8. The Balaban J connectivity index is 4.23. The van der Waals surface area contributed by atoms with Gasteiger partial charge in [-0.05, 0) is 70.5 Å². The van der Waals surface area contributed by atoms with Gasteiger partial charge < -0.3 is 14.2 Å². The van der Waals surface area contributed by atoms with Crippen molar-refractivity contribution in [1.82, 2.24) is 5.32 Å². The van der Waals surface area contributed by atoms with E-state index in [0.717, 1.165) is 25.5 Å². The summed E-state index contributed by atoms with van der Waals surface area (Å²) in [5.41, 5.74) is 1.78. The highest BCUT2D eigenvalue weighted by Gasteiger charge is 2.37. The maximum Gasteiger partial charge on any atom is 0.246 e. The highest BCUT2D eigenvalue weighted by atomic mass is 28.4. The summed E-state index contributed by atoms with van der Waals surface area (Å²) in [5.74, 6) is 0.108. The van der Waals surface area contributed by atoms with E-state index < -0.39 is 30.8 Å². The lowest BCUT2D eigenvalue weighted by Crippen LogP contribution is -2.49. The number of unbranched alkanes of at least 4 members (excludes halogenated alkanes) is 1. The highest BCUT2D eigenvalue weighted by Crippen LogP contribution is 2.29. The van der Waals surface area contributed by atoms with E-state index in [2.05, 4.69) is 65.0 Å². The Labute approximate surface area is 214 Å². The van der Waals surface area contributed by atoms with Crippen LogP contribution in [0.25, 0.3) is 0 Å². The molecular weight excluding hydrogens is 475 g/mol. The van der Waals surface area contributed by atoms with Crippen LogP contribution in [-0.2, 0) is 18.4 Å². The fourth-order valence-corrected chi connectivity index (χ4v) is 24.3. The quantitative estimate of drug-likeness (QED) is 0.112. The van der Waals surface area contributed by atoms with E-state index in [-0.39, 0.29) is 11.7 Å². The summed E-state index contributed by atoms with van der Waals surface area (Å²) in [5, 5.41) is 2.69. The number of carbonyl (C=O) groups is 2. The van der Waals surface area contributed by atoms with E-state index in [9.17, 15) is 9.59 Å². The van der Waals surface area contributed by atoms with Gasteiger partial charge in [0.25, 0.3) is 0 Å². The van der Waals surface area contributed by atoms with Crippen LogP contribution >= 0.6 is 0 Å². The van der Waals surface area contributed by atoms with Crippen molar-refractivity contribution in [3.05, 3.63) is 12.2 Å². The molecule has 0 aromatic heterocycles. The van der Waals surface area contributed by atoms with Crippen molar-refractivity contribution in [3.63, 3.8) is 0 Å². The van der Waals surface area contributed by atoms with E-state index in [4.69, 9.17) is 8.85 Å². The van der Waals surface area contributed by atoms with Gasteiger partial charge >= 0.3 is 0 Å². The van der Waals surface area contributed by atoms with Gasteiger partial charge in [-0.1, -0.05) is 52.4 Å². The monoisotopic (exact) mass is 529 g/mol. The molecule has 2 unspecified atom stereocenters. The van der Waals surface area contributed by atoms with Crippen LogP contribution in [0.3, 0.4) is 0 Å². The molecule has 0 aliphatic rings. The zero-order chi connectivity index (χ0) is 26.6. The van der Waals surface area contributed by atoms with Crippen LogP contribution in [0.15, 0.2) is 12.2 Å². The molecule has 0 spiro atoms. The van der Waals surface area contributed by atoms with Crippen LogP contribution in [0, 0.1) is 5.92 Å². The molecule has 200 valence electrons. The molecule has 0 rings (SSSR count). The van der Waals surface area contributed by atoms with Gasteiger partial charge in [0.1, 0.15) is 0 Å². The van der Waals surface area contributed by atoms with Crippen molar-refractivity contribution in [3.8, 4) is 0 Å². The van der Waals surface area contributed by atoms with Crippen molar-refractivity contribution in [1.29, 1.82) is 0 Å². The first-order valence-electron chi connectivity index (χ1n) is 13.3. The average Bonchev–Trinajstić information content (AvgIpc) is 2.68. The molecule has 1 amide bonds. The number of hydrogen-bond acceptors (Lipinski definition) is 4. The van der Waals surface area contributed by atoms with E-state index in [1.807, 2.05) is 0 Å². The van der Waals surface area contributed by atoms with Crippen LogP contribution in [0.5, 0.6) is 0 Å². The number of ketones is 1. The highest BCUT2D eigenvalue weighted by molar-refractivity contribution is 6.96. The third kappa shape index (κ3) is 16.2. The van der Waals surface area contributed by atoms with Gasteiger partial charge in [-0.2, -0.15) is 0 Å². The Kier molecular flexibility index (Phi) is 15.3. The molecule has 0 aliphatic heterocycles. The van der Waals surface area contributed by atoms with Crippen molar-refractivity contribution >= 4 is 36.4 Å². The topological polar surface area (TPSA) is 64.6 Å². The van der Waals surface area contributed by atoms with Crippen LogP contribution in [0.1, 0.15) is 59.8 Å². The lowest BCUT2D eigenvalue weighted by molar-refractivity contribution is -0.125. The molecule has 0 fully saturated rings. The molecule has 8 heteroatoms. The van der Waals surface area contributed by atoms with Gasteiger partial charge in [0.2, 0.25) is 5.91 Å². The van der Waals surface area contributed by atoms with Crippen molar-refractivity contribution < 1.29 is 18.4 Å². The Morgan fingerprint density at radius 3 is 2.15 bits per heavy atom. The van der Waals surface area contributed by atoms with E-state index in [1.165, 1.54) is 24.6 Å². The first-order chi connectivity index (χ1) is 15.5. The molecular formula is C26H55NO4Si3. The number of ether oxygens (including phenoxy) is 1. The van der Waals surface area contributed by atoms with Crippen LogP contribution in [0.4, 0.5) is 0 Å². The molecule has 2 atom stereocenters. The Morgan fingerprint density at radius 1 is 0.971 bits per heavy atom. The predicted octanol–water partition coefficient (Wildman–Crippen LogP) is 6.93. The first kappa shape index (κ1) is 33.5. The van der Waals surface area contributed by atoms with E-state index in [1.54, 1.807) is 13.8 Å². The Hall–Kier alpha value is -0.549. The third-order valence-corrected chi connectivity index (χ3v) is 21.2. The molecule has 0 bridgehead atoms. The summed E-state index contributed by atoms with van der Waals surface area (Å²) in [6, 6.07) is 2.08. The second kappa shape index (κ2) is 15.5. The lowest BCUT2D eigenvalue weighted by Gasteiger charge is -2.38. The average molecular weight is 530 g/mol. The predicted molar refractivity (Wildman–Crippen MR) is 154 cm³/mol. The Morgan fingerprint density at radius 2 is 1.59 bits per heavy atom. The van der Waals surface area contributed by atoms with Crippen molar-refractivity contribution in [2.75, 3.05) is 13.2 Å². The van der Waals surface area contributed by atoms with Gasteiger partial charge in [0, 0.05) is 33.3 Å². The van der Waals surface area contributed by atoms with Gasteiger partial charge in [0.05, 0.1) is 6.04 Å². The van der Waals surface area contributed by atoms with Crippen LogP contribution < -0.4 is 5.32 Å². The normalized spacial score (nSPS) is 14.5. The van der Waals surface area contributed by atoms with E-state index in [0.29, 0.717) is 24.5 Å². The summed E-state index contributed by atoms with van der Waals surface area (Å²) in [4.78, 5) is 23.9. The minimum Gasteiger partial charge on any atom is -0.456 e. The van der Waals surface area contributed by atoms with Gasteiger partial charge in [-0.25, -0.2) is 0 Å². The van der Waals surface area contributed by atoms with E-state index >= 15 is 0 Å². The minimum atomic E-state index is -1.69. The van der Waals surface area contributed by atoms with Gasteiger partial charge in [-0.3, -0.25) is 9.59 Å². The zero-order valence-electron chi connectivity index (χ0n) is 24.1. The Bertz CT molecular complexity index is 650. The number of hydrogen-bond donors (Lipinski definition) is 1. The molecule has 0 radical (unpaired) electrons. The third-order valence-electron chi connectivity index (χ3n) is 6.24. The largest absolute Gasteiger partial charge is 0.456 e. The van der Waals surface area contributed by atoms with Crippen molar-refractivity contribution in [2.45, 2.75) is 123 Å². The summed E-state index contributed by atoms with van der Waals surface area (Å²) in [7, 11) is -4.50. The van der Waals surface area contributed by atoms with Crippen molar-refractivity contribution in [2.24, 2.45) is 5.92 Å². The number of amides is 1. The van der Waals surface area contributed by atoms with Crippen LogP contribution in [0.2, 0.25) is 57.0 Å². The zero-order valence-corrected chi connectivity index (χ0v) is 27.1. The summed E-state index contributed by atoms with van der Waals surface area (Å²) in [6.07, 6.45) is 4.91. The fraction of sp³-hybridized carbons (Fsp3) is 0.846. The molecule has 5 nitrogen and oxygen atoms in total.